The molecule has 2 fully saturated rings. The van der Waals surface area contributed by atoms with Gasteiger partial charge >= 0.3 is 0 Å². The Hall–Kier alpha value is -4.34. The highest BCUT2D eigenvalue weighted by molar-refractivity contribution is 5.79. The second-order valence-electron chi connectivity index (χ2n) is 11.4. The molecule has 2 heterocycles. The molecule has 246 valence electrons. The lowest BCUT2D eigenvalue weighted by Crippen LogP contribution is -2.22. The molecule has 2 saturated heterocycles. The average molecular weight is 639 g/mol. The molecule has 8 heteroatoms. The molecule has 0 aromatic heterocycles. The van der Waals surface area contributed by atoms with Gasteiger partial charge < -0.3 is 37.9 Å². The van der Waals surface area contributed by atoms with Crippen molar-refractivity contribution in [1.29, 1.82) is 0 Å². The van der Waals surface area contributed by atoms with E-state index >= 15 is 0 Å². The van der Waals surface area contributed by atoms with E-state index in [0.29, 0.717) is 37.1 Å². The van der Waals surface area contributed by atoms with Crippen LogP contribution in [-0.2, 0) is 25.6 Å². The molecule has 0 aliphatic carbocycles. The van der Waals surface area contributed by atoms with Crippen LogP contribution < -0.4 is 18.9 Å². The van der Waals surface area contributed by atoms with Gasteiger partial charge in [0, 0.05) is 23.3 Å². The van der Waals surface area contributed by atoms with Gasteiger partial charge in [0.25, 0.3) is 0 Å². The lowest BCUT2D eigenvalue weighted by molar-refractivity contribution is -0.183. The van der Waals surface area contributed by atoms with Gasteiger partial charge in [-0.05, 0) is 84.8 Å². The molecule has 0 amide bonds. The molecular formula is C39H42O8. The number of methoxy groups -OCH3 is 3. The smallest absolute Gasteiger partial charge is 0.183 e. The van der Waals surface area contributed by atoms with E-state index in [0.717, 1.165) is 77.2 Å². The minimum atomic E-state index is -0.397. The highest BCUT2D eigenvalue weighted by atomic mass is 16.7. The minimum absolute atomic E-state index is 0.133. The van der Waals surface area contributed by atoms with E-state index in [-0.39, 0.29) is 6.29 Å². The molecule has 2 aliphatic heterocycles. The fraction of sp³-hybridized carbons (Fsp3) is 0.333. The average Bonchev–Trinajstić information content (AvgIpc) is 3.14. The summed E-state index contributed by atoms with van der Waals surface area (Å²) < 4.78 is 46.5. The highest BCUT2D eigenvalue weighted by Gasteiger charge is 2.19. The van der Waals surface area contributed by atoms with Crippen molar-refractivity contribution in [2.45, 2.75) is 44.9 Å². The summed E-state index contributed by atoms with van der Waals surface area (Å²) in [6.45, 7) is 2.59. The van der Waals surface area contributed by atoms with Crippen molar-refractivity contribution in [3.05, 3.63) is 101 Å². The first-order chi connectivity index (χ1) is 23.1. The molecule has 2 aliphatic rings. The van der Waals surface area contributed by atoms with E-state index in [1.54, 1.807) is 21.3 Å². The van der Waals surface area contributed by atoms with E-state index in [9.17, 15) is 0 Å². The SMILES string of the molecule is COc1ccc(C2OCCCO2)cc1Oc1ccc(/C=C/c2ccc(-c3ccc(COC4CCCCO4)cc3OC)c(OC)c2)cc1. The molecule has 8 nitrogen and oxygen atoms in total. The molecule has 0 radical (unpaired) electrons. The Balaban J connectivity index is 1.12. The van der Waals surface area contributed by atoms with Gasteiger partial charge in [0.2, 0.25) is 0 Å². The summed E-state index contributed by atoms with van der Waals surface area (Å²) in [7, 11) is 4.99. The van der Waals surface area contributed by atoms with E-state index in [4.69, 9.17) is 37.9 Å². The maximum Gasteiger partial charge on any atom is 0.183 e. The van der Waals surface area contributed by atoms with Crippen molar-refractivity contribution >= 4 is 12.2 Å². The van der Waals surface area contributed by atoms with E-state index in [1.165, 1.54) is 0 Å². The summed E-state index contributed by atoms with van der Waals surface area (Å²) in [5, 5.41) is 0. The van der Waals surface area contributed by atoms with Crippen molar-refractivity contribution in [2.24, 2.45) is 0 Å². The lowest BCUT2D eigenvalue weighted by Gasteiger charge is -2.24. The van der Waals surface area contributed by atoms with Crippen LogP contribution in [0.25, 0.3) is 23.3 Å². The van der Waals surface area contributed by atoms with Gasteiger partial charge in [-0.1, -0.05) is 48.6 Å². The van der Waals surface area contributed by atoms with E-state index in [2.05, 4.69) is 36.4 Å². The van der Waals surface area contributed by atoms with E-state index < -0.39 is 6.29 Å². The summed E-state index contributed by atoms with van der Waals surface area (Å²) in [6, 6.07) is 25.9. The second-order valence-corrected chi connectivity index (χ2v) is 11.4. The van der Waals surface area contributed by atoms with Crippen LogP contribution in [0.1, 0.15) is 54.2 Å². The highest BCUT2D eigenvalue weighted by Crippen LogP contribution is 2.39. The Morgan fingerprint density at radius 1 is 0.617 bits per heavy atom. The topological polar surface area (TPSA) is 73.8 Å². The Kier molecular flexibility index (Phi) is 11.1. The first-order valence-electron chi connectivity index (χ1n) is 16.1. The number of hydrogen-bond acceptors (Lipinski definition) is 8. The fourth-order valence-electron chi connectivity index (χ4n) is 5.68. The van der Waals surface area contributed by atoms with Gasteiger partial charge in [-0.15, -0.1) is 0 Å². The summed E-state index contributed by atoms with van der Waals surface area (Å²) >= 11 is 0. The van der Waals surface area contributed by atoms with Gasteiger partial charge in [-0.2, -0.15) is 0 Å². The summed E-state index contributed by atoms with van der Waals surface area (Å²) in [4.78, 5) is 0. The van der Waals surface area contributed by atoms with Crippen LogP contribution in [0.2, 0.25) is 0 Å². The largest absolute Gasteiger partial charge is 0.496 e. The third kappa shape index (κ3) is 8.34. The zero-order chi connectivity index (χ0) is 32.4. The van der Waals surface area contributed by atoms with Gasteiger partial charge in [0.15, 0.2) is 24.1 Å². The molecule has 0 bridgehead atoms. The van der Waals surface area contributed by atoms with Gasteiger partial charge in [-0.25, -0.2) is 0 Å². The maximum absolute atomic E-state index is 6.20. The summed E-state index contributed by atoms with van der Waals surface area (Å²) in [6.07, 6.45) is 7.65. The van der Waals surface area contributed by atoms with Crippen LogP contribution in [0.4, 0.5) is 0 Å². The first-order valence-corrected chi connectivity index (χ1v) is 16.1. The first kappa shape index (κ1) is 32.6. The second kappa shape index (κ2) is 16.0. The standard InChI is InChI=1S/C39H42O8/c1-40-34-19-14-30(39-44-21-6-22-45-39)25-37(34)47-31-15-10-27(11-16-31)8-9-28-12-17-32(35(23-28)41-2)33-18-13-29(24-36(33)42-3)26-46-38-7-4-5-20-43-38/h8-19,23-25,38-39H,4-7,20-22,26H2,1-3H3/b9-8+. The van der Waals surface area contributed by atoms with E-state index in [1.807, 2.05) is 54.6 Å². The van der Waals surface area contributed by atoms with Crippen LogP contribution in [0, 0.1) is 0 Å². The van der Waals surface area contributed by atoms with Crippen molar-refractivity contribution in [3.8, 4) is 39.9 Å². The zero-order valence-corrected chi connectivity index (χ0v) is 27.2. The quantitative estimate of drug-likeness (QED) is 0.143. The number of hydrogen-bond donors (Lipinski definition) is 0. The minimum Gasteiger partial charge on any atom is -0.496 e. The molecule has 0 saturated carbocycles. The van der Waals surface area contributed by atoms with Crippen LogP contribution in [0.3, 0.4) is 0 Å². The lowest BCUT2D eigenvalue weighted by atomic mass is 9.99. The molecular weight excluding hydrogens is 596 g/mol. The third-order valence-corrected chi connectivity index (χ3v) is 8.22. The predicted molar refractivity (Wildman–Crippen MR) is 181 cm³/mol. The van der Waals surface area contributed by atoms with Crippen molar-refractivity contribution < 1.29 is 37.9 Å². The Bertz CT molecular complexity index is 1640. The van der Waals surface area contributed by atoms with Crippen LogP contribution >= 0.6 is 0 Å². The van der Waals surface area contributed by atoms with Gasteiger partial charge in [0.1, 0.15) is 17.2 Å². The summed E-state index contributed by atoms with van der Waals surface area (Å²) in [5.74, 6) is 3.46. The molecule has 4 aromatic rings. The molecule has 47 heavy (non-hydrogen) atoms. The fourth-order valence-corrected chi connectivity index (χ4v) is 5.68. The van der Waals surface area contributed by atoms with Gasteiger partial charge in [-0.3, -0.25) is 0 Å². The molecule has 4 aromatic carbocycles. The van der Waals surface area contributed by atoms with Crippen LogP contribution in [0.15, 0.2) is 78.9 Å². The normalized spacial score (nSPS) is 17.0. The Morgan fingerprint density at radius 3 is 2.02 bits per heavy atom. The third-order valence-electron chi connectivity index (χ3n) is 8.22. The maximum atomic E-state index is 6.20. The predicted octanol–water partition coefficient (Wildman–Crippen LogP) is 8.82. The number of rotatable bonds is 12. The monoisotopic (exact) mass is 638 g/mol. The molecule has 0 spiro atoms. The van der Waals surface area contributed by atoms with Crippen molar-refractivity contribution in [2.75, 3.05) is 41.2 Å². The zero-order valence-electron chi connectivity index (χ0n) is 27.2. The molecule has 0 N–H and O–H groups in total. The van der Waals surface area contributed by atoms with Gasteiger partial charge in [0.05, 0.1) is 41.2 Å². The molecule has 1 atom stereocenters. The molecule has 1 unspecified atom stereocenters. The van der Waals surface area contributed by atoms with Crippen LogP contribution in [-0.4, -0.2) is 47.4 Å². The summed E-state index contributed by atoms with van der Waals surface area (Å²) in [5.41, 5.74) is 5.87. The Labute approximate surface area is 276 Å². The number of ether oxygens (including phenoxy) is 8. The number of benzene rings is 4. The molecule has 6 rings (SSSR count). The Morgan fingerprint density at radius 2 is 1.30 bits per heavy atom. The van der Waals surface area contributed by atoms with Crippen molar-refractivity contribution in [1.82, 2.24) is 0 Å². The van der Waals surface area contributed by atoms with Crippen molar-refractivity contribution in [3.63, 3.8) is 0 Å². The van der Waals surface area contributed by atoms with Crippen LogP contribution in [0.5, 0.6) is 28.7 Å².